The van der Waals surface area contributed by atoms with Gasteiger partial charge in [-0.3, -0.25) is 9.59 Å². The Morgan fingerprint density at radius 2 is 1.88 bits per heavy atom. The first kappa shape index (κ1) is 25.5. The Hall–Kier alpha value is -5.45. The smallest absolute Gasteiger partial charge is 0.256 e. The van der Waals surface area contributed by atoms with Crippen LogP contribution in [0.4, 0.5) is 11.5 Å². The standard InChI is InChI=1S/C31H27N7O4/c1-2-24(39)37-14-6-9-19(15-37)38-30-25(29(32)33-16-34-30)26(36-38)22-12-13-23(28-27(22)41-17-42-28)35-31(40)21-11-5-8-18-7-3-4-10-20(18)21/h2-5,7-8,10-13,16,19H,1,6,9,14-15,17H2,(H,35,40)(H2,32,33,34)/t19-/m1/s1. The molecule has 5 aromatic rings. The van der Waals surface area contributed by atoms with E-state index >= 15 is 0 Å². The van der Waals surface area contributed by atoms with E-state index in [0.717, 1.165) is 23.6 Å². The van der Waals surface area contributed by atoms with Crippen molar-refractivity contribution < 1.29 is 19.1 Å². The van der Waals surface area contributed by atoms with Gasteiger partial charge in [-0.05, 0) is 47.9 Å². The molecule has 4 heterocycles. The van der Waals surface area contributed by atoms with Crippen LogP contribution in [0, 0.1) is 0 Å². The maximum Gasteiger partial charge on any atom is 0.256 e. The molecule has 11 nitrogen and oxygen atoms in total. The van der Waals surface area contributed by atoms with Crippen molar-refractivity contribution in [3.8, 4) is 22.8 Å². The third-order valence-corrected chi connectivity index (χ3v) is 7.80. The Morgan fingerprint density at radius 1 is 1.05 bits per heavy atom. The van der Waals surface area contributed by atoms with E-state index in [4.69, 9.17) is 20.3 Å². The lowest BCUT2D eigenvalue weighted by Crippen LogP contribution is -2.40. The Balaban J connectivity index is 1.28. The summed E-state index contributed by atoms with van der Waals surface area (Å²) in [7, 11) is 0. The number of likely N-dealkylation sites (tertiary alicyclic amines) is 1. The van der Waals surface area contributed by atoms with Gasteiger partial charge in [-0.2, -0.15) is 5.10 Å². The number of carbonyl (C=O) groups excluding carboxylic acids is 2. The minimum atomic E-state index is -0.263. The van der Waals surface area contributed by atoms with E-state index in [1.54, 1.807) is 17.0 Å². The molecule has 0 spiro atoms. The molecule has 2 amide bonds. The van der Waals surface area contributed by atoms with Crippen molar-refractivity contribution in [2.75, 3.05) is 30.9 Å². The molecule has 2 aliphatic heterocycles. The minimum Gasteiger partial charge on any atom is -0.453 e. The van der Waals surface area contributed by atoms with E-state index in [1.807, 2.05) is 47.1 Å². The summed E-state index contributed by atoms with van der Waals surface area (Å²) in [5, 5.41) is 10.4. The Kier molecular flexibility index (Phi) is 6.19. The van der Waals surface area contributed by atoms with Gasteiger partial charge in [-0.25, -0.2) is 14.6 Å². The molecule has 3 N–H and O–H groups in total. The molecule has 2 aliphatic rings. The molecule has 0 bridgehead atoms. The minimum absolute atomic E-state index is 0.0185. The van der Waals surface area contributed by atoms with Gasteiger partial charge in [0.05, 0.1) is 17.1 Å². The van der Waals surface area contributed by atoms with Gasteiger partial charge in [0.1, 0.15) is 17.8 Å². The normalized spacial score (nSPS) is 16.1. The molecule has 2 aromatic heterocycles. The molecule has 0 radical (unpaired) electrons. The van der Waals surface area contributed by atoms with E-state index < -0.39 is 0 Å². The van der Waals surface area contributed by atoms with E-state index in [-0.39, 0.29) is 30.5 Å². The Labute approximate surface area is 240 Å². The van der Waals surface area contributed by atoms with E-state index in [0.29, 0.717) is 58.1 Å². The Morgan fingerprint density at radius 3 is 2.76 bits per heavy atom. The number of piperidine rings is 1. The number of nitrogens with two attached hydrogens (primary N) is 1. The Bertz CT molecular complexity index is 1890. The molecule has 11 heteroatoms. The summed E-state index contributed by atoms with van der Waals surface area (Å²) in [6.45, 7) is 4.74. The lowest BCUT2D eigenvalue weighted by Gasteiger charge is -2.32. The predicted molar refractivity (Wildman–Crippen MR) is 158 cm³/mol. The van der Waals surface area contributed by atoms with Crippen LogP contribution in [0.3, 0.4) is 0 Å². The number of hydrogen-bond acceptors (Lipinski definition) is 8. The fourth-order valence-corrected chi connectivity index (χ4v) is 5.82. The van der Waals surface area contributed by atoms with Gasteiger partial charge in [0.25, 0.3) is 5.91 Å². The predicted octanol–water partition coefficient (Wildman–Crippen LogP) is 4.56. The van der Waals surface area contributed by atoms with Crippen LogP contribution < -0.4 is 20.5 Å². The highest BCUT2D eigenvalue weighted by atomic mass is 16.7. The molecule has 1 saturated heterocycles. The summed E-state index contributed by atoms with van der Waals surface area (Å²) in [6.07, 6.45) is 4.37. The van der Waals surface area contributed by atoms with Crippen LogP contribution in [0.5, 0.6) is 11.5 Å². The maximum atomic E-state index is 13.4. The molecule has 3 aromatic carbocycles. The number of rotatable bonds is 5. The number of ether oxygens (including phenoxy) is 2. The average molecular weight is 562 g/mol. The monoisotopic (exact) mass is 561 g/mol. The number of nitrogens with zero attached hydrogens (tertiary/aromatic N) is 5. The second-order valence-electron chi connectivity index (χ2n) is 10.2. The van der Waals surface area contributed by atoms with Crippen LogP contribution in [-0.4, -0.2) is 56.3 Å². The van der Waals surface area contributed by atoms with Crippen LogP contribution in [0.15, 0.2) is 73.6 Å². The molecule has 0 aliphatic carbocycles. The highest BCUT2D eigenvalue weighted by Crippen LogP contribution is 2.48. The lowest BCUT2D eigenvalue weighted by atomic mass is 10.0. The van der Waals surface area contributed by atoms with Crippen LogP contribution in [0.2, 0.25) is 0 Å². The zero-order chi connectivity index (χ0) is 28.8. The number of benzene rings is 3. The fourth-order valence-electron chi connectivity index (χ4n) is 5.82. The van der Waals surface area contributed by atoms with Crippen molar-refractivity contribution in [2.45, 2.75) is 18.9 Å². The van der Waals surface area contributed by atoms with Gasteiger partial charge in [-0.1, -0.05) is 43.0 Å². The molecule has 0 unspecified atom stereocenters. The lowest BCUT2D eigenvalue weighted by molar-refractivity contribution is -0.127. The topological polar surface area (TPSA) is 137 Å². The molecule has 7 rings (SSSR count). The van der Waals surface area contributed by atoms with Crippen LogP contribution in [0.1, 0.15) is 29.2 Å². The van der Waals surface area contributed by atoms with Crippen molar-refractivity contribution in [3.63, 3.8) is 0 Å². The first-order valence-corrected chi connectivity index (χ1v) is 13.7. The zero-order valence-electron chi connectivity index (χ0n) is 22.6. The maximum absolute atomic E-state index is 13.4. The first-order valence-electron chi connectivity index (χ1n) is 13.7. The van der Waals surface area contributed by atoms with E-state index in [9.17, 15) is 9.59 Å². The van der Waals surface area contributed by atoms with Crippen molar-refractivity contribution in [1.29, 1.82) is 0 Å². The molecular formula is C31H27N7O4. The number of hydrogen-bond donors (Lipinski definition) is 2. The van der Waals surface area contributed by atoms with Gasteiger partial charge < -0.3 is 25.4 Å². The fraction of sp³-hybridized carbons (Fsp3) is 0.194. The number of aromatic nitrogens is 4. The molecule has 210 valence electrons. The van der Waals surface area contributed by atoms with Crippen LogP contribution in [0.25, 0.3) is 33.1 Å². The zero-order valence-corrected chi connectivity index (χ0v) is 22.6. The van der Waals surface area contributed by atoms with E-state index in [2.05, 4.69) is 21.9 Å². The number of amides is 2. The molecule has 1 fully saturated rings. The first-order chi connectivity index (χ1) is 20.5. The molecular weight excluding hydrogens is 534 g/mol. The quantitative estimate of drug-likeness (QED) is 0.298. The highest BCUT2D eigenvalue weighted by Gasteiger charge is 2.31. The van der Waals surface area contributed by atoms with Gasteiger partial charge in [0.15, 0.2) is 17.1 Å². The van der Waals surface area contributed by atoms with Gasteiger partial charge >= 0.3 is 0 Å². The SMILES string of the molecule is C=CC(=O)N1CCC[C@@H](n2nc(-c3ccc(NC(=O)c4cccc5ccccc45)c4c3OCO4)c3c(N)ncnc32)C1. The van der Waals surface area contributed by atoms with Crippen LogP contribution >= 0.6 is 0 Å². The summed E-state index contributed by atoms with van der Waals surface area (Å²) >= 11 is 0. The number of carbonyl (C=O) groups is 2. The van der Waals surface area contributed by atoms with Crippen molar-refractivity contribution in [1.82, 2.24) is 24.6 Å². The van der Waals surface area contributed by atoms with Crippen molar-refractivity contribution in [3.05, 3.63) is 79.1 Å². The summed E-state index contributed by atoms with van der Waals surface area (Å²) in [4.78, 5) is 36.2. The number of anilines is 2. The second kappa shape index (κ2) is 10.2. The summed E-state index contributed by atoms with van der Waals surface area (Å²) in [5.41, 5.74) is 9.13. The van der Waals surface area contributed by atoms with Crippen molar-refractivity contribution >= 4 is 45.1 Å². The average Bonchev–Trinajstić information content (AvgIpc) is 3.67. The van der Waals surface area contributed by atoms with Gasteiger partial charge in [-0.15, -0.1) is 0 Å². The van der Waals surface area contributed by atoms with Gasteiger partial charge in [0, 0.05) is 24.2 Å². The molecule has 0 saturated carbocycles. The van der Waals surface area contributed by atoms with Gasteiger partial charge in [0.2, 0.25) is 12.7 Å². The third-order valence-electron chi connectivity index (χ3n) is 7.80. The number of fused-ring (bicyclic) bond motifs is 3. The van der Waals surface area contributed by atoms with E-state index in [1.165, 1.54) is 12.4 Å². The van der Waals surface area contributed by atoms with Crippen molar-refractivity contribution in [2.24, 2.45) is 0 Å². The third kappa shape index (κ3) is 4.17. The molecule has 1 atom stereocenters. The largest absolute Gasteiger partial charge is 0.453 e. The summed E-state index contributed by atoms with van der Waals surface area (Å²) < 4.78 is 13.6. The summed E-state index contributed by atoms with van der Waals surface area (Å²) in [6, 6.07) is 16.8. The van der Waals surface area contributed by atoms with Crippen LogP contribution in [-0.2, 0) is 4.79 Å². The second-order valence-corrected chi connectivity index (χ2v) is 10.2. The number of nitrogens with one attached hydrogen (secondary N) is 1. The summed E-state index contributed by atoms with van der Waals surface area (Å²) in [5.74, 6) is 0.736. The highest BCUT2D eigenvalue weighted by molar-refractivity contribution is 6.13. The molecule has 42 heavy (non-hydrogen) atoms. The number of nitrogen functional groups attached to an aromatic ring is 1.